The molecule has 0 heterocycles. The Bertz CT molecular complexity index is 852. The topological polar surface area (TPSA) is 101 Å². The van der Waals surface area contributed by atoms with E-state index in [-0.39, 0.29) is 18.4 Å². The molecule has 0 saturated carbocycles. The van der Waals surface area contributed by atoms with Crippen molar-refractivity contribution in [3.05, 3.63) is 70.2 Å². The summed E-state index contributed by atoms with van der Waals surface area (Å²) in [7, 11) is 0. The number of benzene rings is 2. The largest absolute Gasteiger partial charge is 0.366 e. The fourth-order valence-electron chi connectivity index (χ4n) is 2.53. The van der Waals surface area contributed by atoms with Gasteiger partial charge in [0, 0.05) is 12.1 Å². The second kappa shape index (κ2) is 9.19. The first-order chi connectivity index (χ1) is 12.8. The van der Waals surface area contributed by atoms with E-state index in [9.17, 15) is 14.4 Å². The Labute approximate surface area is 163 Å². The van der Waals surface area contributed by atoms with Crippen molar-refractivity contribution in [2.75, 3.05) is 0 Å². The highest BCUT2D eigenvalue weighted by Gasteiger charge is 2.25. The van der Waals surface area contributed by atoms with Crippen molar-refractivity contribution >= 4 is 29.3 Å². The van der Waals surface area contributed by atoms with Crippen LogP contribution in [-0.2, 0) is 11.3 Å². The van der Waals surface area contributed by atoms with Crippen molar-refractivity contribution in [2.24, 2.45) is 11.7 Å². The maximum absolute atomic E-state index is 12.6. The number of hydrogen-bond acceptors (Lipinski definition) is 3. The van der Waals surface area contributed by atoms with Crippen LogP contribution in [0.15, 0.2) is 48.5 Å². The molecular weight excluding hydrogens is 366 g/mol. The van der Waals surface area contributed by atoms with E-state index in [2.05, 4.69) is 10.6 Å². The van der Waals surface area contributed by atoms with E-state index in [4.69, 9.17) is 17.3 Å². The van der Waals surface area contributed by atoms with Crippen LogP contribution in [0.25, 0.3) is 0 Å². The van der Waals surface area contributed by atoms with Crippen LogP contribution in [0.1, 0.15) is 40.1 Å². The molecule has 6 nitrogen and oxygen atoms in total. The highest BCUT2D eigenvalue weighted by Crippen LogP contribution is 2.15. The van der Waals surface area contributed by atoms with E-state index >= 15 is 0 Å². The fraction of sp³-hybridized carbons (Fsp3) is 0.250. The van der Waals surface area contributed by atoms with Crippen molar-refractivity contribution < 1.29 is 14.4 Å². The lowest BCUT2D eigenvalue weighted by molar-refractivity contribution is -0.124. The molecule has 0 aromatic heterocycles. The maximum atomic E-state index is 12.6. The van der Waals surface area contributed by atoms with Crippen molar-refractivity contribution in [1.82, 2.24) is 10.6 Å². The van der Waals surface area contributed by atoms with Crippen LogP contribution < -0.4 is 16.4 Å². The van der Waals surface area contributed by atoms with E-state index < -0.39 is 17.9 Å². The first kappa shape index (κ1) is 20.5. The number of rotatable bonds is 7. The summed E-state index contributed by atoms with van der Waals surface area (Å²) in [6.45, 7) is 3.89. The van der Waals surface area contributed by atoms with E-state index in [1.54, 1.807) is 48.5 Å². The molecule has 0 saturated heterocycles. The second-order valence-electron chi connectivity index (χ2n) is 6.46. The standard InChI is InChI=1S/C20H22ClN3O3/c1-12(2)17(24-19(26)15-8-3-4-9-16(15)21)20(27)23-11-13-6-5-7-14(10-13)18(22)25/h3-10,12,17H,11H2,1-2H3,(H2,22,25)(H,23,27)(H,24,26). The van der Waals surface area contributed by atoms with Gasteiger partial charge in [0.15, 0.2) is 0 Å². The van der Waals surface area contributed by atoms with E-state index in [1.165, 1.54) is 0 Å². The van der Waals surface area contributed by atoms with Gasteiger partial charge < -0.3 is 16.4 Å². The molecule has 7 heteroatoms. The molecule has 0 aliphatic heterocycles. The van der Waals surface area contributed by atoms with Crippen molar-refractivity contribution in [3.63, 3.8) is 0 Å². The highest BCUT2D eigenvalue weighted by molar-refractivity contribution is 6.33. The maximum Gasteiger partial charge on any atom is 0.253 e. The summed E-state index contributed by atoms with van der Waals surface area (Å²) >= 11 is 6.04. The molecule has 0 aliphatic rings. The van der Waals surface area contributed by atoms with Crippen LogP contribution in [0.4, 0.5) is 0 Å². The van der Waals surface area contributed by atoms with E-state index in [0.717, 1.165) is 5.56 Å². The Balaban J connectivity index is 2.05. The fourth-order valence-corrected chi connectivity index (χ4v) is 2.75. The van der Waals surface area contributed by atoms with Gasteiger partial charge in [0.25, 0.3) is 5.91 Å². The minimum atomic E-state index is -0.729. The molecule has 1 atom stereocenters. The zero-order valence-electron chi connectivity index (χ0n) is 15.2. The zero-order valence-corrected chi connectivity index (χ0v) is 15.9. The van der Waals surface area contributed by atoms with Gasteiger partial charge in [-0.1, -0.05) is 49.7 Å². The summed E-state index contributed by atoms with van der Waals surface area (Å²) in [5, 5.41) is 5.83. The third kappa shape index (κ3) is 5.56. The lowest BCUT2D eigenvalue weighted by Crippen LogP contribution is -2.49. The van der Waals surface area contributed by atoms with Gasteiger partial charge in [0.2, 0.25) is 11.8 Å². The molecule has 0 fully saturated rings. The van der Waals surface area contributed by atoms with Crippen molar-refractivity contribution in [2.45, 2.75) is 26.4 Å². The molecule has 0 spiro atoms. The lowest BCUT2D eigenvalue weighted by Gasteiger charge is -2.22. The first-order valence-electron chi connectivity index (χ1n) is 8.51. The molecule has 2 rings (SSSR count). The average molecular weight is 388 g/mol. The number of hydrogen-bond donors (Lipinski definition) is 3. The van der Waals surface area contributed by atoms with Gasteiger partial charge in [-0.2, -0.15) is 0 Å². The second-order valence-corrected chi connectivity index (χ2v) is 6.86. The lowest BCUT2D eigenvalue weighted by atomic mass is 10.0. The minimum absolute atomic E-state index is 0.131. The molecule has 0 aliphatic carbocycles. The molecule has 2 aromatic rings. The molecule has 0 radical (unpaired) electrons. The number of nitrogens with two attached hydrogens (primary N) is 1. The first-order valence-corrected chi connectivity index (χ1v) is 8.89. The predicted molar refractivity (Wildman–Crippen MR) is 104 cm³/mol. The number of nitrogens with one attached hydrogen (secondary N) is 2. The highest BCUT2D eigenvalue weighted by atomic mass is 35.5. The van der Waals surface area contributed by atoms with Gasteiger partial charge in [-0.3, -0.25) is 14.4 Å². The average Bonchev–Trinajstić information content (AvgIpc) is 2.64. The minimum Gasteiger partial charge on any atom is -0.366 e. The van der Waals surface area contributed by atoms with Gasteiger partial charge in [-0.05, 0) is 35.7 Å². The third-order valence-corrected chi connectivity index (χ3v) is 4.36. The van der Waals surface area contributed by atoms with Gasteiger partial charge in [-0.25, -0.2) is 0 Å². The molecule has 1 unspecified atom stereocenters. The summed E-state index contributed by atoms with van der Waals surface area (Å²) in [6, 6.07) is 12.6. The van der Waals surface area contributed by atoms with Crippen LogP contribution in [-0.4, -0.2) is 23.8 Å². The molecule has 0 bridgehead atoms. The normalized spacial score (nSPS) is 11.7. The number of amides is 3. The number of primary amides is 1. The zero-order chi connectivity index (χ0) is 20.0. The Morgan fingerprint density at radius 2 is 1.78 bits per heavy atom. The molecule has 3 amide bonds. The number of halogens is 1. The van der Waals surface area contributed by atoms with Crippen molar-refractivity contribution in [1.29, 1.82) is 0 Å². The molecular formula is C20H22ClN3O3. The Morgan fingerprint density at radius 1 is 1.07 bits per heavy atom. The quantitative estimate of drug-likeness (QED) is 0.680. The Morgan fingerprint density at radius 3 is 2.41 bits per heavy atom. The van der Waals surface area contributed by atoms with Crippen LogP contribution in [0.2, 0.25) is 5.02 Å². The van der Waals surface area contributed by atoms with Crippen LogP contribution >= 0.6 is 11.6 Å². The third-order valence-electron chi connectivity index (χ3n) is 4.03. The van der Waals surface area contributed by atoms with Crippen molar-refractivity contribution in [3.8, 4) is 0 Å². The van der Waals surface area contributed by atoms with Gasteiger partial charge in [-0.15, -0.1) is 0 Å². The van der Waals surface area contributed by atoms with Crippen LogP contribution in [0.5, 0.6) is 0 Å². The van der Waals surface area contributed by atoms with Crippen LogP contribution in [0.3, 0.4) is 0 Å². The SMILES string of the molecule is CC(C)C(NC(=O)c1ccccc1Cl)C(=O)NCc1cccc(C(N)=O)c1. The summed E-state index contributed by atoms with van der Waals surface area (Å²) in [4.78, 5) is 36.3. The molecule has 2 aromatic carbocycles. The number of carbonyl (C=O) groups is 3. The smallest absolute Gasteiger partial charge is 0.253 e. The summed E-state index contributed by atoms with van der Waals surface area (Å²) in [6.07, 6.45) is 0. The van der Waals surface area contributed by atoms with Gasteiger partial charge in [0.05, 0.1) is 10.6 Å². The summed E-state index contributed by atoms with van der Waals surface area (Å²) in [5.41, 5.74) is 6.68. The van der Waals surface area contributed by atoms with E-state index in [1.807, 2.05) is 13.8 Å². The summed E-state index contributed by atoms with van der Waals surface area (Å²) in [5.74, 6) is -1.40. The van der Waals surface area contributed by atoms with Gasteiger partial charge in [0.1, 0.15) is 6.04 Å². The Kier molecular flexibility index (Phi) is 6.96. The number of carbonyl (C=O) groups excluding carboxylic acids is 3. The Hall–Kier alpha value is -2.86. The molecule has 142 valence electrons. The molecule has 4 N–H and O–H groups in total. The predicted octanol–water partition coefficient (Wildman–Crippen LogP) is 2.51. The molecule has 27 heavy (non-hydrogen) atoms. The van der Waals surface area contributed by atoms with Gasteiger partial charge >= 0.3 is 0 Å². The van der Waals surface area contributed by atoms with E-state index in [0.29, 0.717) is 16.1 Å². The monoisotopic (exact) mass is 387 g/mol. The van der Waals surface area contributed by atoms with Crippen LogP contribution in [0, 0.1) is 5.92 Å². The summed E-state index contributed by atoms with van der Waals surface area (Å²) < 4.78 is 0.